The molecule has 19 heavy (non-hydrogen) atoms. The topological polar surface area (TPSA) is 28.2 Å². The van der Waals surface area contributed by atoms with Gasteiger partial charge in [-0.25, -0.2) is 0 Å². The zero-order valence-corrected chi connectivity index (χ0v) is 12.0. The third-order valence-electron chi connectivity index (χ3n) is 5.23. The summed E-state index contributed by atoms with van der Waals surface area (Å²) in [6, 6.07) is 8.45. The molecule has 0 aromatic carbocycles. The number of hydrogen-bond acceptors (Lipinski definition) is 3. The number of nitrogens with one attached hydrogen (secondary N) is 1. The van der Waals surface area contributed by atoms with Crippen LogP contribution in [0.25, 0.3) is 0 Å². The first-order valence-electron chi connectivity index (χ1n) is 7.57. The molecule has 3 unspecified atom stereocenters. The number of nitrogens with zero attached hydrogens (tertiary/aromatic N) is 2. The van der Waals surface area contributed by atoms with Crippen molar-refractivity contribution in [1.29, 1.82) is 0 Å². The van der Waals surface area contributed by atoms with E-state index in [1.165, 1.54) is 31.4 Å². The Labute approximate surface area is 116 Å². The molecule has 2 fully saturated rings. The maximum Gasteiger partial charge on any atom is 0.0419 e. The van der Waals surface area contributed by atoms with Crippen LogP contribution in [0.3, 0.4) is 0 Å². The van der Waals surface area contributed by atoms with Crippen molar-refractivity contribution in [2.24, 2.45) is 5.92 Å². The summed E-state index contributed by atoms with van der Waals surface area (Å²) in [5.74, 6) is 0.806. The molecule has 3 rings (SSSR count). The summed E-state index contributed by atoms with van der Waals surface area (Å²) >= 11 is 0. The predicted octanol–water partition coefficient (Wildman–Crippen LogP) is 2.08. The van der Waals surface area contributed by atoms with E-state index in [4.69, 9.17) is 0 Å². The average molecular weight is 259 g/mol. The number of fused-ring (bicyclic) bond motifs is 2. The molecule has 2 saturated heterocycles. The number of piperidine rings is 1. The molecule has 2 aliphatic rings. The Bertz CT molecular complexity index is 392. The van der Waals surface area contributed by atoms with Gasteiger partial charge in [-0.05, 0) is 57.8 Å². The van der Waals surface area contributed by atoms with Crippen molar-refractivity contribution in [3.05, 3.63) is 30.1 Å². The molecule has 0 amide bonds. The van der Waals surface area contributed by atoms with Crippen LogP contribution in [0.1, 0.15) is 31.4 Å². The van der Waals surface area contributed by atoms with Crippen molar-refractivity contribution in [2.75, 3.05) is 14.1 Å². The molecule has 1 N–H and O–H groups in total. The van der Waals surface area contributed by atoms with Gasteiger partial charge in [0.15, 0.2) is 0 Å². The quantitative estimate of drug-likeness (QED) is 0.897. The smallest absolute Gasteiger partial charge is 0.0419 e. The maximum absolute atomic E-state index is 4.48. The van der Waals surface area contributed by atoms with Gasteiger partial charge in [0.25, 0.3) is 0 Å². The van der Waals surface area contributed by atoms with Gasteiger partial charge in [0.1, 0.15) is 0 Å². The second kappa shape index (κ2) is 5.59. The first kappa shape index (κ1) is 13.1. The lowest BCUT2D eigenvalue weighted by atomic mass is 9.83. The van der Waals surface area contributed by atoms with E-state index in [0.29, 0.717) is 6.04 Å². The fourth-order valence-electron chi connectivity index (χ4n) is 4.03. The third-order valence-corrected chi connectivity index (χ3v) is 5.23. The molecule has 3 nitrogen and oxygen atoms in total. The predicted molar refractivity (Wildman–Crippen MR) is 78.1 cm³/mol. The first-order valence-corrected chi connectivity index (χ1v) is 7.57. The van der Waals surface area contributed by atoms with Gasteiger partial charge in [0, 0.05) is 36.4 Å². The Balaban J connectivity index is 1.66. The standard InChI is InChI=1S/C16H25N3/c1-17-16(11-13-5-3-4-8-18-13)12-9-14-6-7-15(10-12)19(14)2/h3-5,8,12,14-17H,6-7,9-11H2,1-2H3. The molecule has 2 aliphatic heterocycles. The van der Waals surface area contributed by atoms with Gasteiger partial charge in [-0.1, -0.05) is 6.07 Å². The maximum atomic E-state index is 4.48. The van der Waals surface area contributed by atoms with E-state index in [9.17, 15) is 0 Å². The summed E-state index contributed by atoms with van der Waals surface area (Å²) in [4.78, 5) is 7.09. The molecule has 1 aromatic heterocycles. The molecule has 0 radical (unpaired) electrons. The fourth-order valence-corrected chi connectivity index (χ4v) is 4.03. The van der Waals surface area contributed by atoms with Gasteiger partial charge in [-0.15, -0.1) is 0 Å². The van der Waals surface area contributed by atoms with E-state index in [1.807, 2.05) is 12.3 Å². The van der Waals surface area contributed by atoms with E-state index in [1.54, 1.807) is 0 Å². The first-order chi connectivity index (χ1) is 9.28. The van der Waals surface area contributed by atoms with Gasteiger partial charge in [0.2, 0.25) is 0 Å². The highest BCUT2D eigenvalue weighted by molar-refractivity contribution is 5.07. The van der Waals surface area contributed by atoms with E-state index in [0.717, 1.165) is 24.4 Å². The van der Waals surface area contributed by atoms with Crippen molar-refractivity contribution >= 4 is 0 Å². The number of hydrogen-bond donors (Lipinski definition) is 1. The van der Waals surface area contributed by atoms with Gasteiger partial charge in [-0.3, -0.25) is 4.98 Å². The summed E-state index contributed by atoms with van der Waals surface area (Å²) < 4.78 is 0. The second-order valence-corrected chi connectivity index (χ2v) is 6.20. The lowest BCUT2D eigenvalue weighted by molar-refractivity contribution is 0.114. The van der Waals surface area contributed by atoms with Crippen LogP contribution < -0.4 is 5.32 Å². The van der Waals surface area contributed by atoms with Crippen LogP contribution in [0, 0.1) is 5.92 Å². The second-order valence-electron chi connectivity index (χ2n) is 6.20. The SMILES string of the molecule is CNC(Cc1ccccn1)C1CC2CCC(C1)N2C. The Morgan fingerprint density at radius 1 is 1.32 bits per heavy atom. The van der Waals surface area contributed by atoms with Crippen molar-refractivity contribution < 1.29 is 0 Å². The normalized spacial score (nSPS) is 32.4. The number of rotatable bonds is 4. The van der Waals surface area contributed by atoms with Crippen LogP contribution in [0.15, 0.2) is 24.4 Å². The van der Waals surface area contributed by atoms with E-state index in [2.05, 4.69) is 41.4 Å². The van der Waals surface area contributed by atoms with Crippen molar-refractivity contribution in [2.45, 2.75) is 50.2 Å². The van der Waals surface area contributed by atoms with Crippen LogP contribution in [0.5, 0.6) is 0 Å². The highest BCUT2D eigenvalue weighted by atomic mass is 15.2. The Hall–Kier alpha value is -0.930. The summed E-state index contributed by atoms with van der Waals surface area (Å²) in [6.07, 6.45) is 8.47. The third kappa shape index (κ3) is 2.67. The van der Waals surface area contributed by atoms with Crippen LogP contribution in [0.2, 0.25) is 0 Å². The molecule has 3 atom stereocenters. The lowest BCUT2D eigenvalue weighted by Gasteiger charge is -2.39. The summed E-state index contributed by atoms with van der Waals surface area (Å²) in [6.45, 7) is 0. The largest absolute Gasteiger partial charge is 0.316 e. The van der Waals surface area contributed by atoms with E-state index >= 15 is 0 Å². The van der Waals surface area contributed by atoms with Crippen LogP contribution >= 0.6 is 0 Å². The summed E-state index contributed by atoms with van der Waals surface area (Å²) in [5, 5.41) is 3.55. The Morgan fingerprint density at radius 3 is 2.63 bits per heavy atom. The van der Waals surface area contributed by atoms with E-state index < -0.39 is 0 Å². The number of likely N-dealkylation sites (N-methyl/N-ethyl adjacent to an activating group) is 1. The Kier molecular flexibility index (Phi) is 3.85. The molecule has 1 aromatic rings. The van der Waals surface area contributed by atoms with E-state index in [-0.39, 0.29) is 0 Å². The average Bonchev–Trinajstić information content (AvgIpc) is 2.68. The minimum Gasteiger partial charge on any atom is -0.316 e. The molecule has 0 saturated carbocycles. The van der Waals surface area contributed by atoms with Gasteiger partial charge in [0.05, 0.1) is 0 Å². The van der Waals surface area contributed by atoms with Crippen LogP contribution in [-0.4, -0.2) is 42.1 Å². The number of aromatic nitrogens is 1. The molecule has 3 heterocycles. The highest BCUT2D eigenvalue weighted by Gasteiger charge is 2.40. The monoisotopic (exact) mass is 259 g/mol. The zero-order chi connectivity index (χ0) is 13.2. The molecule has 2 bridgehead atoms. The minimum atomic E-state index is 0.576. The molecular weight excluding hydrogens is 234 g/mol. The van der Waals surface area contributed by atoms with Gasteiger partial charge < -0.3 is 10.2 Å². The minimum absolute atomic E-state index is 0.576. The molecular formula is C16H25N3. The van der Waals surface area contributed by atoms with Crippen LogP contribution in [-0.2, 0) is 6.42 Å². The fraction of sp³-hybridized carbons (Fsp3) is 0.688. The van der Waals surface area contributed by atoms with Gasteiger partial charge in [-0.2, -0.15) is 0 Å². The lowest BCUT2D eigenvalue weighted by Crippen LogP contribution is -2.47. The van der Waals surface area contributed by atoms with Crippen molar-refractivity contribution in [3.63, 3.8) is 0 Å². The molecule has 0 spiro atoms. The summed E-state index contributed by atoms with van der Waals surface area (Å²) in [7, 11) is 4.42. The van der Waals surface area contributed by atoms with Crippen LogP contribution in [0.4, 0.5) is 0 Å². The zero-order valence-electron chi connectivity index (χ0n) is 12.0. The molecule has 104 valence electrons. The Morgan fingerprint density at radius 2 is 2.05 bits per heavy atom. The van der Waals surface area contributed by atoms with Crippen molar-refractivity contribution in [1.82, 2.24) is 15.2 Å². The van der Waals surface area contributed by atoms with Crippen molar-refractivity contribution in [3.8, 4) is 0 Å². The molecule has 0 aliphatic carbocycles. The number of pyridine rings is 1. The van der Waals surface area contributed by atoms with Gasteiger partial charge >= 0.3 is 0 Å². The molecule has 3 heteroatoms. The summed E-state index contributed by atoms with van der Waals surface area (Å²) in [5.41, 5.74) is 1.22. The highest BCUT2D eigenvalue weighted by Crippen LogP contribution is 2.39.